The van der Waals surface area contributed by atoms with Crippen LogP contribution in [-0.4, -0.2) is 20.5 Å². The van der Waals surface area contributed by atoms with Gasteiger partial charge in [0.15, 0.2) is 0 Å². The Hall–Kier alpha value is -2.31. The minimum absolute atomic E-state index is 0.228. The number of nitrogens with zero attached hydrogens (tertiary/aromatic N) is 1. The lowest BCUT2D eigenvalue weighted by Crippen LogP contribution is -1.99. The molecule has 4 rings (SSSR count). The average molecular weight is 354 g/mol. The van der Waals surface area contributed by atoms with Crippen molar-refractivity contribution < 1.29 is 8.42 Å². The number of hydrogen-bond acceptors (Lipinski definition) is 4. The Morgan fingerprint density at radius 3 is 2.79 bits per heavy atom. The van der Waals surface area contributed by atoms with Gasteiger partial charge in [-0.2, -0.15) is 12.8 Å². The van der Waals surface area contributed by atoms with Crippen LogP contribution in [0.4, 0.5) is 5.69 Å². The summed E-state index contributed by atoms with van der Waals surface area (Å²) in [6.45, 7) is 0. The first-order valence-corrected chi connectivity index (χ1v) is 9.85. The molecule has 120 valence electrons. The van der Waals surface area contributed by atoms with Gasteiger partial charge in [-0.15, -0.1) is 11.8 Å². The van der Waals surface area contributed by atoms with Crippen LogP contribution >= 0.6 is 11.8 Å². The molecule has 0 atom stereocenters. The first kappa shape index (κ1) is 15.2. The van der Waals surface area contributed by atoms with Crippen molar-refractivity contribution in [2.24, 2.45) is 4.40 Å². The highest BCUT2D eigenvalue weighted by Crippen LogP contribution is 2.33. The number of thioether (sulfide) groups is 1. The van der Waals surface area contributed by atoms with Gasteiger partial charge < -0.3 is 5.32 Å². The van der Waals surface area contributed by atoms with Gasteiger partial charge in [0.1, 0.15) is 0 Å². The molecule has 3 aromatic carbocycles. The summed E-state index contributed by atoms with van der Waals surface area (Å²) in [7, 11) is -3.76. The molecule has 1 heterocycles. The minimum atomic E-state index is -3.76. The third-order valence-electron chi connectivity index (χ3n) is 3.86. The predicted molar refractivity (Wildman–Crippen MR) is 99.5 cm³/mol. The van der Waals surface area contributed by atoms with Gasteiger partial charge in [0.2, 0.25) is 0 Å². The van der Waals surface area contributed by atoms with Crippen LogP contribution in [0.2, 0.25) is 0 Å². The highest BCUT2D eigenvalue weighted by molar-refractivity contribution is 7.99. The van der Waals surface area contributed by atoms with Crippen molar-refractivity contribution >= 4 is 44.5 Å². The lowest BCUT2D eigenvalue weighted by Gasteiger charge is -2.04. The third-order valence-corrected chi connectivity index (χ3v) is 6.11. The summed E-state index contributed by atoms with van der Waals surface area (Å²) in [6, 6.07) is 18.4. The second-order valence-corrected chi connectivity index (χ2v) is 8.03. The first-order chi connectivity index (χ1) is 11.6. The molecule has 24 heavy (non-hydrogen) atoms. The van der Waals surface area contributed by atoms with Gasteiger partial charge >= 0.3 is 0 Å². The van der Waals surface area contributed by atoms with Gasteiger partial charge in [0.25, 0.3) is 10.0 Å². The van der Waals surface area contributed by atoms with E-state index in [0.717, 1.165) is 22.5 Å². The van der Waals surface area contributed by atoms with E-state index in [-0.39, 0.29) is 4.90 Å². The van der Waals surface area contributed by atoms with E-state index in [2.05, 4.69) is 9.71 Å². The molecule has 3 aromatic rings. The van der Waals surface area contributed by atoms with Crippen molar-refractivity contribution in [2.45, 2.75) is 9.79 Å². The Morgan fingerprint density at radius 1 is 1.04 bits per heavy atom. The number of nitrogens with one attached hydrogen (secondary N) is 1. The van der Waals surface area contributed by atoms with E-state index in [1.54, 1.807) is 30.0 Å². The van der Waals surface area contributed by atoms with Crippen molar-refractivity contribution in [3.63, 3.8) is 0 Å². The Kier molecular flexibility index (Phi) is 3.78. The Bertz CT molecular complexity index is 1050. The molecule has 0 aromatic heterocycles. The molecule has 6 heteroatoms. The average Bonchev–Trinajstić information content (AvgIpc) is 3.07. The summed E-state index contributed by atoms with van der Waals surface area (Å²) < 4.78 is 29.2. The highest BCUT2D eigenvalue weighted by atomic mass is 32.2. The smallest absolute Gasteiger partial charge is 0.282 e. The number of fused-ring (bicyclic) bond motifs is 2. The maximum atomic E-state index is 12.6. The molecule has 0 radical (unpaired) electrons. The molecule has 0 saturated carbocycles. The predicted octanol–water partition coefficient (Wildman–Crippen LogP) is 4.12. The quantitative estimate of drug-likeness (QED) is 0.719. The second kappa shape index (κ2) is 5.96. The van der Waals surface area contributed by atoms with E-state index in [4.69, 9.17) is 0 Å². The van der Waals surface area contributed by atoms with E-state index < -0.39 is 10.0 Å². The number of benzene rings is 3. The molecule has 4 nitrogen and oxygen atoms in total. The maximum Gasteiger partial charge on any atom is 0.282 e. The van der Waals surface area contributed by atoms with Crippen LogP contribution in [0, 0.1) is 0 Å². The molecule has 1 N–H and O–H groups in total. The zero-order valence-corrected chi connectivity index (χ0v) is 14.3. The zero-order valence-electron chi connectivity index (χ0n) is 12.6. The SMILES string of the molecule is O=S(=O)(N=Cc1ccc2c(c1)NCS2)c1cccc2ccccc12. The van der Waals surface area contributed by atoms with Crippen molar-refractivity contribution in [1.82, 2.24) is 0 Å². The lowest BCUT2D eigenvalue weighted by molar-refractivity contribution is 0.599. The molecule has 0 spiro atoms. The lowest BCUT2D eigenvalue weighted by atomic mass is 10.1. The fraction of sp³-hybridized carbons (Fsp3) is 0.0556. The van der Waals surface area contributed by atoms with E-state index in [1.807, 2.05) is 42.5 Å². The van der Waals surface area contributed by atoms with Gasteiger partial charge in [-0.05, 0) is 29.1 Å². The second-order valence-electron chi connectivity index (χ2n) is 5.41. The minimum Gasteiger partial charge on any atom is -0.375 e. The standard InChI is InChI=1S/C18H14N2O2S2/c21-24(22,18-7-3-5-14-4-1-2-6-15(14)18)20-11-13-8-9-17-16(10-13)19-12-23-17/h1-11,19H,12H2. The summed E-state index contributed by atoms with van der Waals surface area (Å²) in [6.07, 6.45) is 1.40. The zero-order chi connectivity index (χ0) is 16.6. The fourth-order valence-corrected chi connectivity index (χ4v) is 4.61. The summed E-state index contributed by atoms with van der Waals surface area (Å²) in [5.74, 6) is 0.838. The van der Waals surface area contributed by atoms with Crippen molar-refractivity contribution in [1.29, 1.82) is 0 Å². The molecule has 1 aliphatic heterocycles. The molecular formula is C18H14N2O2S2. The van der Waals surface area contributed by atoms with Gasteiger partial charge in [-0.25, -0.2) is 0 Å². The van der Waals surface area contributed by atoms with E-state index in [1.165, 1.54) is 11.1 Å². The Labute approximate surface area is 144 Å². The molecule has 0 amide bonds. The summed E-state index contributed by atoms with van der Waals surface area (Å²) in [5, 5.41) is 4.81. The topological polar surface area (TPSA) is 58.5 Å². The van der Waals surface area contributed by atoms with Crippen LogP contribution in [0.3, 0.4) is 0 Å². The Morgan fingerprint density at radius 2 is 1.88 bits per heavy atom. The van der Waals surface area contributed by atoms with Crippen LogP contribution in [-0.2, 0) is 10.0 Å². The van der Waals surface area contributed by atoms with Gasteiger partial charge in [-0.3, -0.25) is 0 Å². The molecule has 0 bridgehead atoms. The fourth-order valence-electron chi connectivity index (χ4n) is 2.69. The summed E-state index contributed by atoms with van der Waals surface area (Å²) in [5.41, 5.74) is 1.78. The van der Waals surface area contributed by atoms with E-state index in [0.29, 0.717) is 5.39 Å². The van der Waals surface area contributed by atoms with Gasteiger partial charge in [-0.1, -0.05) is 42.5 Å². The van der Waals surface area contributed by atoms with Crippen LogP contribution < -0.4 is 5.32 Å². The molecule has 0 fully saturated rings. The number of anilines is 1. The number of hydrogen-bond donors (Lipinski definition) is 1. The Balaban J connectivity index is 1.72. The van der Waals surface area contributed by atoms with E-state index in [9.17, 15) is 8.42 Å². The normalized spacial score (nSPS) is 14.0. The summed E-state index contributed by atoms with van der Waals surface area (Å²) >= 11 is 1.72. The largest absolute Gasteiger partial charge is 0.375 e. The molecular weight excluding hydrogens is 340 g/mol. The number of sulfonamides is 1. The van der Waals surface area contributed by atoms with Crippen molar-refractivity contribution in [3.8, 4) is 0 Å². The maximum absolute atomic E-state index is 12.6. The van der Waals surface area contributed by atoms with Gasteiger partial charge in [0.05, 0.1) is 10.8 Å². The molecule has 0 saturated heterocycles. The first-order valence-electron chi connectivity index (χ1n) is 7.42. The van der Waals surface area contributed by atoms with Crippen LogP contribution in [0.15, 0.2) is 74.9 Å². The monoisotopic (exact) mass is 354 g/mol. The third kappa shape index (κ3) is 2.79. The van der Waals surface area contributed by atoms with Crippen molar-refractivity contribution in [3.05, 3.63) is 66.2 Å². The van der Waals surface area contributed by atoms with E-state index >= 15 is 0 Å². The molecule has 1 aliphatic rings. The van der Waals surface area contributed by atoms with Crippen LogP contribution in [0.5, 0.6) is 0 Å². The molecule has 0 aliphatic carbocycles. The number of rotatable bonds is 3. The van der Waals surface area contributed by atoms with Crippen molar-refractivity contribution in [2.75, 3.05) is 11.2 Å². The van der Waals surface area contributed by atoms with Crippen LogP contribution in [0.25, 0.3) is 10.8 Å². The van der Waals surface area contributed by atoms with Crippen LogP contribution in [0.1, 0.15) is 5.56 Å². The molecule has 0 unspecified atom stereocenters. The summed E-state index contributed by atoms with van der Waals surface area (Å²) in [4.78, 5) is 1.40. The highest BCUT2D eigenvalue weighted by Gasteiger charge is 2.15. The van der Waals surface area contributed by atoms with Gasteiger partial charge in [0, 0.05) is 22.2 Å².